The first-order valence-electron chi connectivity index (χ1n) is 9.43. The second kappa shape index (κ2) is 10.4. The number of nitrogens with one attached hydrogen (secondary N) is 1. The third kappa shape index (κ3) is 5.70. The van der Waals surface area contributed by atoms with Gasteiger partial charge >= 0.3 is 5.97 Å². The van der Waals surface area contributed by atoms with Crippen LogP contribution in [0.5, 0.6) is 0 Å². The maximum Gasteiger partial charge on any atom is 0.343 e. The number of hydrogen-bond acceptors (Lipinski definition) is 8. The highest BCUT2D eigenvalue weighted by molar-refractivity contribution is 6.28. The lowest BCUT2D eigenvalue weighted by atomic mass is 10.2. The molecule has 0 radical (unpaired) electrons. The van der Waals surface area contributed by atoms with Crippen molar-refractivity contribution in [1.29, 1.82) is 0 Å². The van der Waals surface area contributed by atoms with Gasteiger partial charge in [0.2, 0.25) is 5.28 Å². The number of fused-ring (bicyclic) bond motifs is 1. The maximum absolute atomic E-state index is 12.2. The normalized spacial score (nSPS) is 11.6. The van der Waals surface area contributed by atoms with Crippen molar-refractivity contribution < 1.29 is 18.7 Å². The molecule has 0 aliphatic rings. The predicted octanol–water partition coefficient (Wildman–Crippen LogP) is 4.70. The van der Waals surface area contributed by atoms with Gasteiger partial charge in [-0.1, -0.05) is 30.9 Å². The predicted molar refractivity (Wildman–Crippen MR) is 118 cm³/mol. The monoisotopic (exact) mass is 440 g/mol. The molecule has 0 fully saturated rings. The van der Waals surface area contributed by atoms with E-state index in [4.69, 9.17) is 25.5 Å². The highest BCUT2D eigenvalue weighted by Gasteiger charge is 2.17. The van der Waals surface area contributed by atoms with E-state index in [1.165, 1.54) is 13.3 Å². The molecule has 0 aliphatic heterocycles. The average Bonchev–Trinajstić information content (AvgIpc) is 3.18. The Morgan fingerprint density at radius 3 is 2.87 bits per heavy atom. The number of allylic oxidation sites excluding steroid dienone is 3. The summed E-state index contributed by atoms with van der Waals surface area (Å²) in [6, 6.07) is 7.57. The first-order chi connectivity index (χ1) is 15.0. The van der Waals surface area contributed by atoms with E-state index in [2.05, 4.69) is 26.8 Å². The molecule has 1 N–H and O–H groups in total. The Morgan fingerprint density at radius 2 is 2.13 bits per heavy atom. The summed E-state index contributed by atoms with van der Waals surface area (Å²) in [5, 5.41) is 2.98. The van der Waals surface area contributed by atoms with Crippen LogP contribution in [0.4, 0.5) is 5.82 Å². The highest BCUT2D eigenvalue weighted by atomic mass is 35.5. The van der Waals surface area contributed by atoms with Gasteiger partial charge in [-0.15, -0.1) is 0 Å². The summed E-state index contributed by atoms with van der Waals surface area (Å²) < 4.78 is 16.0. The van der Waals surface area contributed by atoms with Crippen LogP contribution in [0.1, 0.15) is 23.2 Å². The second-order valence-electron chi connectivity index (χ2n) is 6.16. The zero-order valence-electron chi connectivity index (χ0n) is 17.1. The SMILES string of the molecule is C=C(OC)/C(=C\C=C/Cc1nc2ccccc2o1)Nc1nc(Cl)ncc1C(=O)OCC. The van der Waals surface area contributed by atoms with Gasteiger partial charge in [-0.25, -0.2) is 14.8 Å². The van der Waals surface area contributed by atoms with Gasteiger partial charge in [0.25, 0.3) is 0 Å². The fourth-order valence-corrected chi connectivity index (χ4v) is 2.73. The van der Waals surface area contributed by atoms with Gasteiger partial charge in [-0.3, -0.25) is 0 Å². The lowest BCUT2D eigenvalue weighted by Crippen LogP contribution is -2.13. The minimum absolute atomic E-state index is 0.0237. The van der Waals surface area contributed by atoms with Crippen molar-refractivity contribution in [2.45, 2.75) is 13.3 Å². The van der Waals surface area contributed by atoms with Crippen molar-refractivity contribution in [2.75, 3.05) is 19.0 Å². The molecule has 0 unspecified atom stereocenters. The van der Waals surface area contributed by atoms with Crippen LogP contribution in [-0.2, 0) is 15.9 Å². The average molecular weight is 441 g/mol. The Morgan fingerprint density at radius 1 is 1.32 bits per heavy atom. The van der Waals surface area contributed by atoms with Crippen LogP contribution in [0, 0.1) is 0 Å². The number of hydrogen-bond donors (Lipinski definition) is 1. The van der Waals surface area contributed by atoms with Crippen molar-refractivity contribution >= 4 is 34.5 Å². The van der Waals surface area contributed by atoms with Crippen molar-refractivity contribution in [1.82, 2.24) is 15.0 Å². The third-order valence-electron chi connectivity index (χ3n) is 4.08. The van der Waals surface area contributed by atoms with Crippen LogP contribution in [0.15, 0.2) is 71.1 Å². The van der Waals surface area contributed by atoms with Crippen LogP contribution in [0.3, 0.4) is 0 Å². The van der Waals surface area contributed by atoms with E-state index in [0.29, 0.717) is 23.8 Å². The Bertz CT molecular complexity index is 1120. The van der Waals surface area contributed by atoms with Gasteiger partial charge < -0.3 is 19.2 Å². The molecule has 9 heteroatoms. The van der Waals surface area contributed by atoms with Crippen LogP contribution in [0.25, 0.3) is 11.1 Å². The molecule has 0 atom stereocenters. The van der Waals surface area contributed by atoms with E-state index >= 15 is 0 Å². The molecule has 0 aliphatic carbocycles. The molecule has 1 aromatic carbocycles. The molecule has 0 saturated heterocycles. The Kier molecular flexibility index (Phi) is 7.40. The molecule has 31 heavy (non-hydrogen) atoms. The number of ether oxygens (including phenoxy) is 2. The smallest absolute Gasteiger partial charge is 0.343 e. The number of nitrogens with zero attached hydrogens (tertiary/aromatic N) is 3. The minimum atomic E-state index is -0.574. The molecule has 0 spiro atoms. The van der Waals surface area contributed by atoms with Crippen molar-refractivity contribution in [3.8, 4) is 0 Å². The van der Waals surface area contributed by atoms with E-state index in [0.717, 1.165) is 11.1 Å². The third-order valence-corrected chi connectivity index (χ3v) is 4.27. The lowest BCUT2D eigenvalue weighted by molar-refractivity contribution is 0.0526. The first kappa shape index (κ1) is 22.0. The van der Waals surface area contributed by atoms with E-state index < -0.39 is 5.97 Å². The van der Waals surface area contributed by atoms with Gasteiger partial charge in [0.05, 0.1) is 19.4 Å². The molecule has 3 rings (SSSR count). The molecular formula is C22H21ClN4O4. The number of carbonyl (C=O) groups is 1. The van der Waals surface area contributed by atoms with Gasteiger partial charge in [-0.05, 0) is 36.7 Å². The van der Waals surface area contributed by atoms with Gasteiger partial charge in [-0.2, -0.15) is 4.98 Å². The van der Waals surface area contributed by atoms with E-state index in [1.54, 1.807) is 19.1 Å². The van der Waals surface area contributed by atoms with E-state index in [-0.39, 0.29) is 23.3 Å². The van der Waals surface area contributed by atoms with Crippen LogP contribution in [-0.4, -0.2) is 34.6 Å². The lowest BCUT2D eigenvalue weighted by Gasteiger charge is -2.14. The number of esters is 1. The number of aromatic nitrogens is 3. The standard InChI is InChI=1S/C22H21ClN4O4/c1-4-30-21(28)15-13-24-22(23)27-20(15)26-16(14(2)29-3)9-6-8-12-19-25-17-10-5-7-11-18(17)31-19/h5-11,13H,2,4,12H2,1,3H3,(H,24,26,27)/b8-6-,16-9+. The molecule has 2 aromatic heterocycles. The fourth-order valence-electron chi connectivity index (χ4n) is 2.60. The topological polar surface area (TPSA) is 99.4 Å². The minimum Gasteiger partial charge on any atom is -0.495 e. The zero-order valence-corrected chi connectivity index (χ0v) is 17.8. The van der Waals surface area contributed by atoms with Crippen molar-refractivity contribution in [2.24, 2.45) is 0 Å². The number of carbonyl (C=O) groups excluding carboxylic acids is 1. The molecule has 160 valence electrons. The largest absolute Gasteiger partial charge is 0.495 e. The summed E-state index contributed by atoms with van der Waals surface area (Å²) >= 11 is 5.90. The number of para-hydroxylation sites is 2. The molecule has 0 amide bonds. The number of anilines is 1. The molecule has 0 saturated carbocycles. The number of oxazole rings is 1. The van der Waals surface area contributed by atoms with Crippen molar-refractivity contribution in [3.63, 3.8) is 0 Å². The highest BCUT2D eigenvalue weighted by Crippen LogP contribution is 2.20. The molecule has 8 nitrogen and oxygen atoms in total. The van der Waals surface area contributed by atoms with Gasteiger partial charge in [0.15, 0.2) is 11.5 Å². The van der Waals surface area contributed by atoms with Crippen LogP contribution in [0.2, 0.25) is 5.28 Å². The van der Waals surface area contributed by atoms with Gasteiger partial charge in [0.1, 0.15) is 22.7 Å². The number of methoxy groups -OCH3 is 1. The Balaban J connectivity index is 1.79. The summed E-state index contributed by atoms with van der Waals surface area (Å²) in [5.74, 6) is 0.528. The number of benzene rings is 1. The summed E-state index contributed by atoms with van der Waals surface area (Å²) in [4.78, 5) is 24.6. The summed E-state index contributed by atoms with van der Waals surface area (Å²) in [6.07, 6.45) is 7.17. The van der Waals surface area contributed by atoms with Crippen LogP contribution < -0.4 is 5.32 Å². The van der Waals surface area contributed by atoms with E-state index in [9.17, 15) is 4.79 Å². The molecular weight excluding hydrogens is 420 g/mol. The maximum atomic E-state index is 12.2. The zero-order chi connectivity index (χ0) is 22.2. The summed E-state index contributed by atoms with van der Waals surface area (Å²) in [6.45, 7) is 5.78. The summed E-state index contributed by atoms with van der Waals surface area (Å²) in [7, 11) is 1.49. The Labute approximate surface area is 184 Å². The number of halogens is 1. The molecule has 3 aromatic rings. The Hall–Kier alpha value is -3.65. The molecule has 2 heterocycles. The second-order valence-corrected chi connectivity index (χ2v) is 6.50. The number of rotatable bonds is 9. The van der Waals surface area contributed by atoms with Crippen molar-refractivity contribution in [3.05, 3.63) is 83.5 Å². The van der Waals surface area contributed by atoms with Gasteiger partial charge in [0, 0.05) is 12.6 Å². The van der Waals surface area contributed by atoms with E-state index in [1.807, 2.05) is 30.3 Å². The molecule has 0 bridgehead atoms. The first-order valence-corrected chi connectivity index (χ1v) is 9.80. The van der Waals surface area contributed by atoms with Crippen LogP contribution >= 0.6 is 11.6 Å². The fraction of sp³-hybridized carbons (Fsp3) is 0.182. The quantitative estimate of drug-likeness (QED) is 0.221. The summed E-state index contributed by atoms with van der Waals surface area (Å²) in [5.41, 5.74) is 2.15.